The summed E-state index contributed by atoms with van der Waals surface area (Å²) in [5.41, 5.74) is 0.515. The van der Waals surface area contributed by atoms with Gasteiger partial charge in [-0.2, -0.15) is 4.31 Å². The maximum Gasteiger partial charge on any atom is 0.244 e. The number of hydrogen-bond acceptors (Lipinski definition) is 3. The molecule has 0 spiro atoms. The first-order chi connectivity index (χ1) is 12.9. The smallest absolute Gasteiger partial charge is 0.244 e. The third-order valence-corrected chi connectivity index (χ3v) is 7.52. The summed E-state index contributed by atoms with van der Waals surface area (Å²) in [5, 5.41) is 0. The van der Waals surface area contributed by atoms with E-state index in [1.165, 1.54) is 10.4 Å². The molecular weight excluding hydrogens is 435 g/mol. The highest BCUT2D eigenvalue weighted by Gasteiger charge is 2.31. The molecule has 3 rings (SSSR count). The zero-order valence-electron chi connectivity index (χ0n) is 14.6. The number of benzene rings is 2. The highest BCUT2D eigenvalue weighted by atomic mass is 79.9. The fourth-order valence-corrected chi connectivity index (χ4v) is 5.46. The van der Waals surface area contributed by atoms with Gasteiger partial charge in [0.2, 0.25) is 15.9 Å². The Hall–Kier alpha value is -1.77. The maximum absolute atomic E-state index is 13.7. The third kappa shape index (κ3) is 4.56. The van der Waals surface area contributed by atoms with E-state index >= 15 is 0 Å². The quantitative estimate of drug-likeness (QED) is 0.697. The second-order valence-electron chi connectivity index (χ2n) is 6.31. The van der Waals surface area contributed by atoms with Crippen molar-refractivity contribution in [2.45, 2.75) is 17.7 Å². The molecule has 0 bridgehead atoms. The van der Waals surface area contributed by atoms with Gasteiger partial charge in [0, 0.05) is 37.1 Å². The van der Waals surface area contributed by atoms with Gasteiger partial charge in [0.05, 0.1) is 4.90 Å². The molecule has 27 heavy (non-hydrogen) atoms. The molecule has 0 atom stereocenters. The van der Waals surface area contributed by atoms with Crippen molar-refractivity contribution in [3.05, 3.63) is 64.4 Å². The first-order valence-electron chi connectivity index (χ1n) is 8.65. The molecule has 1 aliphatic rings. The Bertz CT molecular complexity index is 928. The zero-order valence-corrected chi connectivity index (χ0v) is 17.0. The summed E-state index contributed by atoms with van der Waals surface area (Å²) < 4.78 is 41.1. The lowest BCUT2D eigenvalue weighted by molar-refractivity contribution is -0.132. The summed E-state index contributed by atoms with van der Waals surface area (Å²) in [6.45, 7) is 1.16. The van der Waals surface area contributed by atoms with Gasteiger partial charge in [-0.05, 0) is 46.1 Å². The lowest BCUT2D eigenvalue weighted by Crippen LogP contribution is -2.50. The van der Waals surface area contributed by atoms with Gasteiger partial charge in [0.25, 0.3) is 0 Å². The van der Waals surface area contributed by atoms with Crippen molar-refractivity contribution < 1.29 is 17.6 Å². The Morgan fingerprint density at radius 3 is 2.30 bits per heavy atom. The highest BCUT2D eigenvalue weighted by Crippen LogP contribution is 2.25. The van der Waals surface area contributed by atoms with Gasteiger partial charge in [0.1, 0.15) is 5.82 Å². The molecule has 1 saturated heterocycles. The van der Waals surface area contributed by atoms with Crippen LogP contribution in [-0.2, 0) is 21.2 Å². The molecule has 2 aromatic carbocycles. The molecule has 0 aromatic heterocycles. The maximum atomic E-state index is 13.7. The van der Waals surface area contributed by atoms with Crippen LogP contribution in [0.15, 0.2) is 57.9 Å². The molecule has 144 valence electrons. The van der Waals surface area contributed by atoms with E-state index < -0.39 is 10.0 Å². The molecule has 0 aliphatic carbocycles. The van der Waals surface area contributed by atoms with E-state index in [9.17, 15) is 17.6 Å². The number of rotatable bonds is 5. The second kappa shape index (κ2) is 8.50. The summed E-state index contributed by atoms with van der Waals surface area (Å²) >= 11 is 3.28. The van der Waals surface area contributed by atoms with Crippen LogP contribution in [0.2, 0.25) is 0 Å². The van der Waals surface area contributed by atoms with Gasteiger partial charge in [-0.1, -0.05) is 30.3 Å². The van der Waals surface area contributed by atoms with Gasteiger partial charge < -0.3 is 4.90 Å². The number of hydrogen-bond donors (Lipinski definition) is 0. The normalized spacial score (nSPS) is 15.7. The summed E-state index contributed by atoms with van der Waals surface area (Å²) in [4.78, 5) is 14.3. The van der Waals surface area contributed by atoms with Gasteiger partial charge in [0.15, 0.2) is 0 Å². The van der Waals surface area contributed by atoms with Crippen LogP contribution in [0.4, 0.5) is 4.39 Å². The number of piperazine rings is 1. The van der Waals surface area contributed by atoms with Crippen LogP contribution in [0.25, 0.3) is 0 Å². The van der Waals surface area contributed by atoms with Crippen LogP contribution in [0.5, 0.6) is 0 Å². The molecule has 0 unspecified atom stereocenters. The van der Waals surface area contributed by atoms with Crippen LogP contribution in [0.1, 0.15) is 12.0 Å². The van der Waals surface area contributed by atoms with E-state index in [4.69, 9.17) is 0 Å². The topological polar surface area (TPSA) is 57.7 Å². The monoisotopic (exact) mass is 454 g/mol. The van der Waals surface area contributed by atoms with E-state index in [1.807, 2.05) is 0 Å². The fraction of sp³-hybridized carbons (Fsp3) is 0.316. The van der Waals surface area contributed by atoms with Gasteiger partial charge >= 0.3 is 0 Å². The number of sulfonamides is 1. The minimum atomic E-state index is -3.60. The first kappa shape index (κ1) is 20.0. The van der Waals surface area contributed by atoms with E-state index in [2.05, 4.69) is 15.9 Å². The summed E-state index contributed by atoms with van der Waals surface area (Å²) in [7, 11) is -3.60. The molecule has 1 aliphatic heterocycles. The average molecular weight is 455 g/mol. The molecule has 0 N–H and O–H groups in total. The van der Waals surface area contributed by atoms with E-state index in [1.54, 1.807) is 47.4 Å². The van der Waals surface area contributed by atoms with Crippen molar-refractivity contribution in [1.82, 2.24) is 9.21 Å². The van der Waals surface area contributed by atoms with Crippen LogP contribution in [0.3, 0.4) is 0 Å². The Balaban J connectivity index is 1.58. The standard InChI is InChI=1S/C19H20BrFN2O3S/c20-16-6-2-4-8-18(16)27(25,26)23-13-11-22(12-14-23)19(24)10-9-15-5-1-3-7-17(15)21/h1-8H,9-14H2. The van der Waals surface area contributed by atoms with Gasteiger partial charge in [-0.15, -0.1) is 0 Å². The second-order valence-corrected chi connectivity index (χ2v) is 9.07. The number of nitrogens with zero attached hydrogens (tertiary/aromatic N) is 2. The van der Waals surface area contributed by atoms with Crippen molar-refractivity contribution in [3.63, 3.8) is 0 Å². The Morgan fingerprint density at radius 1 is 1.00 bits per heavy atom. The lowest BCUT2D eigenvalue weighted by Gasteiger charge is -2.34. The van der Waals surface area contributed by atoms with E-state index in [0.29, 0.717) is 29.5 Å². The highest BCUT2D eigenvalue weighted by molar-refractivity contribution is 9.10. The largest absolute Gasteiger partial charge is 0.340 e. The number of carbonyl (C=O) groups is 1. The molecule has 1 heterocycles. The Morgan fingerprint density at radius 2 is 1.63 bits per heavy atom. The molecule has 1 fully saturated rings. The summed E-state index contributed by atoms with van der Waals surface area (Å²) in [5.74, 6) is -0.397. The molecule has 0 radical (unpaired) electrons. The zero-order chi connectivity index (χ0) is 19.4. The SMILES string of the molecule is O=C(CCc1ccccc1F)N1CCN(S(=O)(=O)c2ccccc2Br)CC1. The van der Waals surface area contributed by atoms with E-state index in [-0.39, 0.29) is 36.1 Å². The van der Waals surface area contributed by atoms with Crippen molar-refractivity contribution in [1.29, 1.82) is 0 Å². The van der Waals surface area contributed by atoms with Crippen molar-refractivity contribution in [2.75, 3.05) is 26.2 Å². The molecular formula is C19H20BrFN2O3S. The third-order valence-electron chi connectivity index (χ3n) is 4.61. The minimum Gasteiger partial charge on any atom is -0.340 e. The number of carbonyl (C=O) groups excluding carboxylic acids is 1. The van der Waals surface area contributed by atoms with Crippen LogP contribution < -0.4 is 0 Å². The van der Waals surface area contributed by atoms with Crippen LogP contribution >= 0.6 is 15.9 Å². The number of halogens is 2. The molecule has 5 nitrogen and oxygen atoms in total. The Labute approximate surface area is 167 Å². The first-order valence-corrected chi connectivity index (χ1v) is 10.9. The lowest BCUT2D eigenvalue weighted by atomic mass is 10.1. The molecule has 1 amide bonds. The number of amides is 1. The molecule has 2 aromatic rings. The predicted octanol–water partition coefficient (Wildman–Crippen LogP) is 3.05. The van der Waals surface area contributed by atoms with Crippen LogP contribution in [-0.4, -0.2) is 49.7 Å². The van der Waals surface area contributed by atoms with Crippen molar-refractivity contribution in [2.24, 2.45) is 0 Å². The Kier molecular flexibility index (Phi) is 6.29. The average Bonchev–Trinajstić information content (AvgIpc) is 2.67. The van der Waals surface area contributed by atoms with Crippen LogP contribution in [0, 0.1) is 5.82 Å². The summed E-state index contributed by atoms with van der Waals surface area (Å²) in [6.07, 6.45) is 0.541. The molecule has 8 heteroatoms. The minimum absolute atomic E-state index is 0.0869. The van der Waals surface area contributed by atoms with Crippen molar-refractivity contribution >= 4 is 31.9 Å². The number of aryl methyl sites for hydroxylation is 1. The van der Waals surface area contributed by atoms with Gasteiger partial charge in [-0.3, -0.25) is 4.79 Å². The molecule has 0 saturated carbocycles. The summed E-state index contributed by atoms with van der Waals surface area (Å²) in [6, 6.07) is 13.1. The van der Waals surface area contributed by atoms with Crippen molar-refractivity contribution in [3.8, 4) is 0 Å². The predicted molar refractivity (Wildman–Crippen MR) is 104 cm³/mol. The van der Waals surface area contributed by atoms with E-state index in [0.717, 1.165) is 0 Å². The fourth-order valence-electron chi connectivity index (χ4n) is 3.07. The van der Waals surface area contributed by atoms with Gasteiger partial charge in [-0.25, -0.2) is 12.8 Å².